The molecule has 0 heterocycles. The Kier molecular flexibility index (Phi) is 4.30. The SMILES string of the molecule is CNC(C(C)C)C(O)c1ccc(C)cc1. The molecule has 0 aliphatic rings. The molecule has 2 nitrogen and oxygen atoms in total. The number of benzene rings is 1. The topological polar surface area (TPSA) is 32.3 Å². The first-order valence-corrected chi connectivity index (χ1v) is 5.48. The Morgan fingerprint density at radius 2 is 1.67 bits per heavy atom. The summed E-state index contributed by atoms with van der Waals surface area (Å²) >= 11 is 0. The van der Waals surface area contributed by atoms with Crippen molar-refractivity contribution in [3.05, 3.63) is 35.4 Å². The van der Waals surface area contributed by atoms with Gasteiger partial charge in [0, 0.05) is 6.04 Å². The zero-order valence-corrected chi connectivity index (χ0v) is 9.99. The summed E-state index contributed by atoms with van der Waals surface area (Å²) < 4.78 is 0. The van der Waals surface area contributed by atoms with E-state index in [9.17, 15) is 5.11 Å². The summed E-state index contributed by atoms with van der Waals surface area (Å²) in [6, 6.07) is 8.16. The summed E-state index contributed by atoms with van der Waals surface area (Å²) in [4.78, 5) is 0. The fraction of sp³-hybridized carbons (Fsp3) is 0.538. The average Bonchev–Trinajstić information content (AvgIpc) is 2.19. The monoisotopic (exact) mass is 207 g/mol. The number of aliphatic hydroxyl groups is 1. The zero-order valence-electron chi connectivity index (χ0n) is 9.99. The predicted molar refractivity (Wildman–Crippen MR) is 63.8 cm³/mol. The molecule has 0 aromatic heterocycles. The van der Waals surface area contributed by atoms with Gasteiger partial charge in [0.15, 0.2) is 0 Å². The van der Waals surface area contributed by atoms with Crippen LogP contribution in [-0.2, 0) is 0 Å². The summed E-state index contributed by atoms with van der Waals surface area (Å²) in [5.74, 6) is 0.409. The van der Waals surface area contributed by atoms with Crippen LogP contribution in [0.5, 0.6) is 0 Å². The second kappa shape index (κ2) is 5.29. The van der Waals surface area contributed by atoms with Crippen LogP contribution in [0.2, 0.25) is 0 Å². The van der Waals surface area contributed by atoms with Crippen molar-refractivity contribution >= 4 is 0 Å². The molecule has 0 spiro atoms. The molecular weight excluding hydrogens is 186 g/mol. The van der Waals surface area contributed by atoms with Gasteiger partial charge in [0.25, 0.3) is 0 Å². The van der Waals surface area contributed by atoms with Gasteiger partial charge < -0.3 is 10.4 Å². The van der Waals surface area contributed by atoms with Gasteiger partial charge in [0.05, 0.1) is 6.10 Å². The van der Waals surface area contributed by atoms with Gasteiger partial charge in [-0.2, -0.15) is 0 Å². The Labute approximate surface area is 92.3 Å². The van der Waals surface area contributed by atoms with Gasteiger partial charge in [-0.05, 0) is 25.5 Å². The summed E-state index contributed by atoms with van der Waals surface area (Å²) in [5, 5.41) is 13.3. The van der Waals surface area contributed by atoms with Crippen LogP contribution in [0.15, 0.2) is 24.3 Å². The van der Waals surface area contributed by atoms with Crippen LogP contribution in [-0.4, -0.2) is 18.2 Å². The van der Waals surface area contributed by atoms with Gasteiger partial charge in [-0.15, -0.1) is 0 Å². The molecule has 2 atom stereocenters. The van der Waals surface area contributed by atoms with E-state index in [1.54, 1.807) is 0 Å². The smallest absolute Gasteiger partial charge is 0.0945 e. The van der Waals surface area contributed by atoms with E-state index < -0.39 is 6.10 Å². The minimum absolute atomic E-state index is 0.104. The Bertz CT molecular complexity index is 292. The van der Waals surface area contributed by atoms with Crippen LogP contribution in [0.25, 0.3) is 0 Å². The van der Waals surface area contributed by atoms with Gasteiger partial charge in [0.2, 0.25) is 0 Å². The first-order chi connectivity index (χ1) is 7.06. The van der Waals surface area contributed by atoms with E-state index >= 15 is 0 Å². The third kappa shape index (κ3) is 3.05. The van der Waals surface area contributed by atoms with Crippen molar-refractivity contribution in [1.29, 1.82) is 0 Å². The molecule has 0 fully saturated rings. The lowest BCUT2D eigenvalue weighted by molar-refractivity contribution is 0.110. The molecule has 15 heavy (non-hydrogen) atoms. The molecule has 0 radical (unpaired) electrons. The van der Waals surface area contributed by atoms with Crippen molar-refractivity contribution in [3.8, 4) is 0 Å². The highest BCUT2D eigenvalue weighted by atomic mass is 16.3. The zero-order chi connectivity index (χ0) is 11.4. The Balaban J connectivity index is 2.82. The minimum atomic E-state index is -0.435. The van der Waals surface area contributed by atoms with E-state index in [2.05, 4.69) is 19.2 Å². The largest absolute Gasteiger partial charge is 0.387 e. The Morgan fingerprint density at radius 3 is 2.07 bits per heavy atom. The lowest BCUT2D eigenvalue weighted by Gasteiger charge is -2.26. The van der Waals surface area contributed by atoms with Crippen LogP contribution >= 0.6 is 0 Å². The number of rotatable bonds is 4. The molecule has 1 rings (SSSR count). The number of hydrogen-bond acceptors (Lipinski definition) is 2. The first kappa shape index (κ1) is 12.2. The van der Waals surface area contributed by atoms with E-state index in [0.717, 1.165) is 5.56 Å². The number of aryl methyl sites for hydroxylation is 1. The maximum Gasteiger partial charge on any atom is 0.0945 e. The molecule has 2 heteroatoms. The highest BCUT2D eigenvalue weighted by Gasteiger charge is 2.21. The number of likely N-dealkylation sites (N-methyl/N-ethyl adjacent to an activating group) is 1. The molecule has 0 amide bonds. The van der Waals surface area contributed by atoms with E-state index in [-0.39, 0.29) is 6.04 Å². The summed E-state index contributed by atoms with van der Waals surface area (Å²) in [6.07, 6.45) is -0.435. The molecule has 0 aliphatic carbocycles. The maximum absolute atomic E-state index is 10.2. The summed E-state index contributed by atoms with van der Waals surface area (Å²) in [6.45, 7) is 6.27. The van der Waals surface area contributed by atoms with Crippen molar-refractivity contribution in [2.75, 3.05) is 7.05 Å². The molecular formula is C13H21NO. The van der Waals surface area contributed by atoms with E-state index in [0.29, 0.717) is 5.92 Å². The van der Waals surface area contributed by atoms with Gasteiger partial charge in [0.1, 0.15) is 0 Å². The van der Waals surface area contributed by atoms with Crippen LogP contribution in [0, 0.1) is 12.8 Å². The highest BCUT2D eigenvalue weighted by Crippen LogP contribution is 2.21. The number of nitrogens with one attached hydrogen (secondary N) is 1. The molecule has 2 unspecified atom stereocenters. The van der Waals surface area contributed by atoms with Crippen molar-refractivity contribution in [3.63, 3.8) is 0 Å². The van der Waals surface area contributed by atoms with E-state index in [1.165, 1.54) is 5.56 Å². The van der Waals surface area contributed by atoms with Gasteiger partial charge in [-0.1, -0.05) is 43.7 Å². The first-order valence-electron chi connectivity index (χ1n) is 5.48. The van der Waals surface area contributed by atoms with Crippen molar-refractivity contribution in [2.24, 2.45) is 5.92 Å². The third-order valence-corrected chi connectivity index (χ3v) is 2.81. The maximum atomic E-state index is 10.2. The second-order valence-electron chi connectivity index (χ2n) is 4.41. The van der Waals surface area contributed by atoms with Crippen molar-refractivity contribution < 1.29 is 5.11 Å². The van der Waals surface area contributed by atoms with Gasteiger partial charge in [-0.25, -0.2) is 0 Å². The lowest BCUT2D eigenvalue weighted by Crippen LogP contribution is -2.36. The Hall–Kier alpha value is -0.860. The van der Waals surface area contributed by atoms with Crippen LogP contribution in [0.1, 0.15) is 31.1 Å². The molecule has 0 saturated carbocycles. The van der Waals surface area contributed by atoms with Crippen LogP contribution in [0.4, 0.5) is 0 Å². The average molecular weight is 207 g/mol. The van der Waals surface area contributed by atoms with Crippen molar-refractivity contribution in [1.82, 2.24) is 5.32 Å². The highest BCUT2D eigenvalue weighted by molar-refractivity contribution is 5.24. The molecule has 0 saturated heterocycles. The summed E-state index contributed by atoms with van der Waals surface area (Å²) in [5.41, 5.74) is 2.20. The third-order valence-electron chi connectivity index (χ3n) is 2.81. The standard InChI is InChI=1S/C13H21NO/c1-9(2)12(14-4)13(15)11-7-5-10(3)6-8-11/h5-9,12-15H,1-4H3. The summed E-state index contributed by atoms with van der Waals surface area (Å²) in [7, 11) is 1.89. The van der Waals surface area contributed by atoms with E-state index in [1.807, 2.05) is 38.2 Å². The number of hydrogen-bond donors (Lipinski definition) is 2. The molecule has 2 N–H and O–H groups in total. The van der Waals surface area contributed by atoms with Crippen LogP contribution < -0.4 is 5.32 Å². The van der Waals surface area contributed by atoms with Crippen molar-refractivity contribution in [2.45, 2.75) is 32.9 Å². The molecule has 1 aromatic carbocycles. The molecule has 84 valence electrons. The second-order valence-corrected chi connectivity index (χ2v) is 4.41. The molecule has 1 aromatic rings. The number of aliphatic hydroxyl groups excluding tert-OH is 1. The minimum Gasteiger partial charge on any atom is -0.387 e. The van der Waals surface area contributed by atoms with Gasteiger partial charge in [-0.3, -0.25) is 0 Å². The fourth-order valence-electron chi connectivity index (χ4n) is 1.83. The van der Waals surface area contributed by atoms with E-state index in [4.69, 9.17) is 0 Å². The van der Waals surface area contributed by atoms with Gasteiger partial charge >= 0.3 is 0 Å². The quantitative estimate of drug-likeness (QED) is 0.794. The fourth-order valence-corrected chi connectivity index (χ4v) is 1.83. The molecule has 0 bridgehead atoms. The Morgan fingerprint density at radius 1 is 1.13 bits per heavy atom. The lowest BCUT2D eigenvalue weighted by atomic mass is 9.93. The predicted octanol–water partition coefficient (Wildman–Crippen LogP) is 2.27. The normalized spacial score (nSPS) is 15.3. The molecule has 0 aliphatic heterocycles. The van der Waals surface area contributed by atoms with Crippen LogP contribution in [0.3, 0.4) is 0 Å².